The van der Waals surface area contributed by atoms with Crippen molar-refractivity contribution in [2.24, 2.45) is 5.41 Å². The van der Waals surface area contributed by atoms with Crippen molar-refractivity contribution in [3.05, 3.63) is 53.6 Å². The van der Waals surface area contributed by atoms with Crippen LogP contribution in [0.5, 0.6) is 0 Å². The molecule has 1 nitrogen and oxygen atoms in total. The van der Waals surface area contributed by atoms with Crippen LogP contribution in [0.4, 0.5) is 4.39 Å². The lowest BCUT2D eigenvalue weighted by atomic mass is 9.74. The van der Waals surface area contributed by atoms with Crippen molar-refractivity contribution in [3.8, 4) is 0 Å². The summed E-state index contributed by atoms with van der Waals surface area (Å²) in [6.45, 7) is 3.89. The summed E-state index contributed by atoms with van der Waals surface area (Å²) in [4.78, 5) is 0. The average Bonchev–Trinajstić information content (AvgIpc) is 2.15. The minimum Gasteiger partial charge on any atom is -0.512 e. The highest BCUT2D eigenvalue weighted by molar-refractivity contribution is 5.74. The van der Waals surface area contributed by atoms with Crippen molar-refractivity contribution in [2.45, 2.75) is 20.3 Å². The van der Waals surface area contributed by atoms with Crippen LogP contribution in [0.2, 0.25) is 0 Å². The van der Waals surface area contributed by atoms with Gasteiger partial charge in [0.15, 0.2) is 0 Å². The summed E-state index contributed by atoms with van der Waals surface area (Å²) in [5.74, 6) is -0.220. The molecule has 0 unspecified atom stereocenters. The van der Waals surface area contributed by atoms with E-state index < -0.39 is 0 Å². The van der Waals surface area contributed by atoms with Crippen molar-refractivity contribution >= 4 is 5.57 Å². The van der Waals surface area contributed by atoms with Gasteiger partial charge < -0.3 is 5.11 Å². The van der Waals surface area contributed by atoms with Gasteiger partial charge in [-0.2, -0.15) is 0 Å². The van der Waals surface area contributed by atoms with Crippen molar-refractivity contribution in [2.75, 3.05) is 0 Å². The molecule has 0 amide bonds. The molecular weight excluding hydrogens is 203 g/mol. The van der Waals surface area contributed by atoms with Gasteiger partial charge >= 0.3 is 0 Å². The molecule has 2 rings (SSSR count). The Bertz CT molecular complexity index is 455. The summed E-state index contributed by atoms with van der Waals surface area (Å²) >= 11 is 0. The molecule has 1 aliphatic rings. The maximum absolute atomic E-state index is 13.9. The molecule has 1 N–H and O–H groups in total. The molecule has 0 aromatic heterocycles. The number of aliphatic hydroxyl groups is 1. The topological polar surface area (TPSA) is 20.2 Å². The summed E-state index contributed by atoms with van der Waals surface area (Å²) in [6, 6.07) is 9.48. The molecule has 0 saturated heterocycles. The summed E-state index contributed by atoms with van der Waals surface area (Å²) < 4.78 is 13.9. The highest BCUT2D eigenvalue weighted by Crippen LogP contribution is 2.45. The summed E-state index contributed by atoms with van der Waals surface area (Å²) in [7, 11) is 0. The fourth-order valence-electron chi connectivity index (χ4n) is 2.27. The molecule has 0 saturated carbocycles. The van der Waals surface area contributed by atoms with Crippen LogP contribution < -0.4 is 0 Å². The predicted octanol–water partition coefficient (Wildman–Crippen LogP) is 4.24. The molecule has 0 bridgehead atoms. The standard InChI is InChI=1S/C14H15FO/c1-14(2)9-11(16)8-12(15)13(14)10-6-4-3-5-7-10/h3-8,16H,9H2,1-2H3. The number of halogens is 1. The van der Waals surface area contributed by atoms with E-state index in [2.05, 4.69) is 0 Å². The lowest BCUT2D eigenvalue weighted by molar-refractivity contribution is 0.323. The van der Waals surface area contributed by atoms with Crippen LogP contribution in [-0.2, 0) is 0 Å². The minimum absolute atomic E-state index is 0.113. The van der Waals surface area contributed by atoms with Crippen molar-refractivity contribution < 1.29 is 9.50 Å². The van der Waals surface area contributed by atoms with Gasteiger partial charge in [-0.05, 0) is 5.56 Å². The zero-order valence-corrected chi connectivity index (χ0v) is 9.50. The fourth-order valence-corrected chi connectivity index (χ4v) is 2.27. The predicted molar refractivity (Wildman–Crippen MR) is 63.6 cm³/mol. The van der Waals surface area contributed by atoms with E-state index >= 15 is 0 Å². The molecule has 0 spiro atoms. The SMILES string of the molecule is CC1(C)CC(O)=CC(F)=C1c1ccccc1. The van der Waals surface area contributed by atoms with Crippen molar-refractivity contribution in [3.63, 3.8) is 0 Å². The van der Waals surface area contributed by atoms with Gasteiger partial charge in [0.1, 0.15) is 5.83 Å². The Morgan fingerprint density at radius 1 is 1.19 bits per heavy atom. The third-order valence-electron chi connectivity index (χ3n) is 2.89. The lowest BCUT2D eigenvalue weighted by Gasteiger charge is -2.31. The second-order valence-electron chi connectivity index (χ2n) is 4.79. The van der Waals surface area contributed by atoms with Crippen LogP contribution in [0.25, 0.3) is 5.57 Å². The minimum atomic E-state index is -0.371. The third kappa shape index (κ3) is 1.87. The number of hydrogen-bond donors (Lipinski definition) is 1. The lowest BCUT2D eigenvalue weighted by Crippen LogP contribution is -2.19. The Kier molecular flexibility index (Phi) is 2.58. The normalized spacial score (nSPS) is 19.6. The van der Waals surface area contributed by atoms with Crippen LogP contribution in [-0.4, -0.2) is 5.11 Å². The molecule has 1 aromatic rings. The van der Waals surface area contributed by atoms with E-state index in [1.807, 2.05) is 44.2 Å². The van der Waals surface area contributed by atoms with Crippen molar-refractivity contribution in [1.29, 1.82) is 0 Å². The number of aliphatic hydroxyl groups excluding tert-OH is 1. The maximum atomic E-state index is 13.9. The molecule has 1 aliphatic carbocycles. The van der Waals surface area contributed by atoms with E-state index in [4.69, 9.17) is 0 Å². The fraction of sp³-hybridized carbons (Fsp3) is 0.286. The van der Waals surface area contributed by atoms with Crippen LogP contribution in [0.3, 0.4) is 0 Å². The van der Waals surface area contributed by atoms with Gasteiger partial charge in [0.2, 0.25) is 0 Å². The van der Waals surface area contributed by atoms with E-state index in [9.17, 15) is 9.50 Å². The number of allylic oxidation sites excluding steroid dienone is 4. The monoisotopic (exact) mass is 218 g/mol. The van der Waals surface area contributed by atoms with E-state index in [1.165, 1.54) is 6.08 Å². The van der Waals surface area contributed by atoms with E-state index in [-0.39, 0.29) is 17.0 Å². The molecule has 84 valence electrons. The Labute approximate surface area is 94.9 Å². The second-order valence-corrected chi connectivity index (χ2v) is 4.79. The van der Waals surface area contributed by atoms with Gasteiger partial charge in [-0.1, -0.05) is 44.2 Å². The molecule has 0 aliphatic heterocycles. The van der Waals surface area contributed by atoms with Crippen LogP contribution in [0.1, 0.15) is 25.8 Å². The van der Waals surface area contributed by atoms with Crippen LogP contribution in [0.15, 0.2) is 48.0 Å². The number of rotatable bonds is 1. The zero-order valence-electron chi connectivity index (χ0n) is 9.50. The summed E-state index contributed by atoms with van der Waals surface area (Å²) in [6.07, 6.45) is 1.69. The highest BCUT2D eigenvalue weighted by Gasteiger charge is 2.32. The summed E-state index contributed by atoms with van der Waals surface area (Å²) in [5.41, 5.74) is 1.18. The van der Waals surface area contributed by atoms with Gasteiger partial charge in [-0.25, -0.2) is 4.39 Å². The third-order valence-corrected chi connectivity index (χ3v) is 2.89. The first-order valence-electron chi connectivity index (χ1n) is 5.36. The molecule has 0 fully saturated rings. The molecule has 0 atom stereocenters. The second kappa shape index (κ2) is 3.78. The first-order valence-corrected chi connectivity index (χ1v) is 5.36. The first kappa shape index (κ1) is 10.9. The molecule has 16 heavy (non-hydrogen) atoms. The number of hydrogen-bond acceptors (Lipinski definition) is 1. The van der Waals surface area contributed by atoms with Gasteiger partial charge in [-0.3, -0.25) is 0 Å². The zero-order chi connectivity index (χ0) is 11.8. The van der Waals surface area contributed by atoms with Gasteiger partial charge in [0, 0.05) is 23.5 Å². The molecular formula is C14H15FO. The largest absolute Gasteiger partial charge is 0.512 e. The Balaban J connectivity index is 2.57. The quantitative estimate of drug-likeness (QED) is 0.747. The van der Waals surface area contributed by atoms with Gasteiger partial charge in [0.05, 0.1) is 5.76 Å². The first-order chi connectivity index (χ1) is 7.50. The van der Waals surface area contributed by atoms with Crippen molar-refractivity contribution in [1.82, 2.24) is 0 Å². The molecule has 0 heterocycles. The van der Waals surface area contributed by atoms with Gasteiger partial charge in [0.25, 0.3) is 0 Å². The van der Waals surface area contributed by atoms with Crippen LogP contribution >= 0.6 is 0 Å². The van der Waals surface area contributed by atoms with E-state index in [0.717, 1.165) is 5.56 Å². The maximum Gasteiger partial charge on any atom is 0.130 e. The van der Waals surface area contributed by atoms with E-state index in [1.54, 1.807) is 0 Å². The summed E-state index contributed by atoms with van der Waals surface area (Å²) in [5, 5.41) is 9.47. The molecule has 1 aromatic carbocycles. The van der Waals surface area contributed by atoms with Gasteiger partial charge in [-0.15, -0.1) is 0 Å². The molecule has 0 radical (unpaired) electrons. The van der Waals surface area contributed by atoms with E-state index in [0.29, 0.717) is 12.0 Å². The highest BCUT2D eigenvalue weighted by atomic mass is 19.1. The Morgan fingerprint density at radius 2 is 1.81 bits per heavy atom. The average molecular weight is 218 g/mol. The smallest absolute Gasteiger partial charge is 0.130 e. The Hall–Kier alpha value is -1.57. The van der Waals surface area contributed by atoms with Crippen LogP contribution in [0, 0.1) is 5.41 Å². The Morgan fingerprint density at radius 3 is 2.38 bits per heavy atom. The number of benzene rings is 1. The molecule has 2 heteroatoms.